The molecule has 0 atom stereocenters. The fourth-order valence-electron chi connectivity index (χ4n) is 2.00. The normalized spacial score (nSPS) is 14.7. The molecular formula is C14H17N3O. The predicted molar refractivity (Wildman–Crippen MR) is 68.8 cm³/mol. The maximum atomic E-state index is 5.14. The van der Waals surface area contributed by atoms with Crippen LogP contribution in [0.4, 0.5) is 0 Å². The van der Waals surface area contributed by atoms with E-state index in [-0.39, 0.29) is 0 Å². The third-order valence-corrected chi connectivity index (χ3v) is 3.30. The summed E-state index contributed by atoms with van der Waals surface area (Å²) in [5.74, 6) is 3.51. The van der Waals surface area contributed by atoms with Crippen molar-refractivity contribution >= 4 is 0 Å². The lowest BCUT2D eigenvalue weighted by Crippen LogP contribution is -1.94. The molecular weight excluding hydrogens is 226 g/mol. The first kappa shape index (κ1) is 11.3. The van der Waals surface area contributed by atoms with Gasteiger partial charge in [0, 0.05) is 12.3 Å². The maximum Gasteiger partial charge on any atom is 0.153 e. The Hall–Kier alpha value is -1.84. The van der Waals surface area contributed by atoms with Gasteiger partial charge in [-0.1, -0.05) is 12.1 Å². The molecule has 94 valence electrons. The van der Waals surface area contributed by atoms with Gasteiger partial charge >= 0.3 is 0 Å². The Morgan fingerprint density at radius 1 is 1.22 bits per heavy atom. The average molecular weight is 243 g/mol. The summed E-state index contributed by atoms with van der Waals surface area (Å²) in [6, 6.07) is 8.17. The molecule has 2 aromatic rings. The summed E-state index contributed by atoms with van der Waals surface area (Å²) in [7, 11) is 1.68. The van der Waals surface area contributed by atoms with E-state index in [2.05, 4.69) is 27.3 Å². The highest BCUT2D eigenvalue weighted by molar-refractivity contribution is 5.27. The van der Waals surface area contributed by atoms with E-state index >= 15 is 0 Å². The van der Waals surface area contributed by atoms with Crippen molar-refractivity contribution in [3.63, 3.8) is 0 Å². The van der Waals surface area contributed by atoms with E-state index < -0.39 is 0 Å². The lowest BCUT2D eigenvalue weighted by molar-refractivity contribution is 0.414. The van der Waals surface area contributed by atoms with Gasteiger partial charge in [0.25, 0.3) is 0 Å². The molecule has 18 heavy (non-hydrogen) atoms. The SMILES string of the molecule is COc1ccc(CCc2nc(C3CC3)n[nH]2)cc1. The number of hydrogen-bond donors (Lipinski definition) is 1. The molecule has 0 unspecified atom stereocenters. The summed E-state index contributed by atoms with van der Waals surface area (Å²) in [6.07, 6.45) is 4.38. The van der Waals surface area contributed by atoms with Crippen molar-refractivity contribution in [2.75, 3.05) is 7.11 Å². The lowest BCUT2D eigenvalue weighted by Gasteiger charge is -2.02. The van der Waals surface area contributed by atoms with Crippen LogP contribution in [0.5, 0.6) is 5.75 Å². The van der Waals surface area contributed by atoms with Crippen LogP contribution < -0.4 is 4.74 Å². The van der Waals surface area contributed by atoms with Gasteiger partial charge in [-0.3, -0.25) is 5.10 Å². The zero-order chi connectivity index (χ0) is 12.4. The summed E-state index contributed by atoms with van der Waals surface area (Å²) >= 11 is 0. The van der Waals surface area contributed by atoms with E-state index in [1.165, 1.54) is 18.4 Å². The second kappa shape index (κ2) is 4.80. The van der Waals surface area contributed by atoms with Crippen LogP contribution in [0.25, 0.3) is 0 Å². The Kier molecular flexibility index (Phi) is 3.00. The van der Waals surface area contributed by atoms with Crippen LogP contribution in [0.2, 0.25) is 0 Å². The summed E-state index contributed by atoms with van der Waals surface area (Å²) in [5, 5.41) is 7.30. The van der Waals surface area contributed by atoms with Crippen LogP contribution in [0.3, 0.4) is 0 Å². The first-order valence-electron chi connectivity index (χ1n) is 6.39. The minimum Gasteiger partial charge on any atom is -0.497 e. The Balaban J connectivity index is 1.58. The number of nitrogens with one attached hydrogen (secondary N) is 1. The highest BCUT2D eigenvalue weighted by Crippen LogP contribution is 2.37. The van der Waals surface area contributed by atoms with Gasteiger partial charge in [0.1, 0.15) is 11.6 Å². The number of methoxy groups -OCH3 is 1. The molecule has 0 bridgehead atoms. The monoisotopic (exact) mass is 243 g/mol. The van der Waals surface area contributed by atoms with Crippen molar-refractivity contribution in [3.8, 4) is 5.75 Å². The number of ether oxygens (including phenoxy) is 1. The van der Waals surface area contributed by atoms with Gasteiger partial charge in [0.05, 0.1) is 7.11 Å². The molecule has 0 radical (unpaired) electrons. The van der Waals surface area contributed by atoms with Gasteiger partial charge < -0.3 is 4.74 Å². The first-order chi connectivity index (χ1) is 8.85. The standard InChI is InChI=1S/C14H17N3O/c1-18-12-7-2-10(3-8-12)4-9-13-15-14(17-16-13)11-5-6-11/h2-3,7-8,11H,4-6,9H2,1H3,(H,15,16,17). The van der Waals surface area contributed by atoms with Crippen molar-refractivity contribution in [3.05, 3.63) is 41.5 Å². The van der Waals surface area contributed by atoms with Gasteiger partial charge in [0.15, 0.2) is 5.82 Å². The van der Waals surface area contributed by atoms with E-state index in [0.717, 1.165) is 30.2 Å². The minimum absolute atomic E-state index is 0.621. The number of aryl methyl sites for hydroxylation is 2. The average Bonchev–Trinajstić information content (AvgIpc) is 3.16. The molecule has 1 N–H and O–H groups in total. The highest BCUT2D eigenvalue weighted by atomic mass is 16.5. The number of H-pyrrole nitrogens is 1. The Bertz CT molecular complexity index is 514. The van der Waals surface area contributed by atoms with E-state index in [4.69, 9.17) is 4.74 Å². The predicted octanol–water partition coefficient (Wildman–Crippen LogP) is 2.48. The Labute approximate surface area is 106 Å². The zero-order valence-electron chi connectivity index (χ0n) is 10.5. The summed E-state index contributed by atoms with van der Waals surface area (Å²) in [6.45, 7) is 0. The number of rotatable bonds is 5. The fraction of sp³-hybridized carbons (Fsp3) is 0.429. The van der Waals surface area contributed by atoms with Crippen LogP contribution in [0.1, 0.15) is 36.0 Å². The summed E-state index contributed by atoms with van der Waals surface area (Å²) in [5.41, 5.74) is 1.29. The fourth-order valence-corrected chi connectivity index (χ4v) is 2.00. The minimum atomic E-state index is 0.621. The summed E-state index contributed by atoms with van der Waals surface area (Å²) in [4.78, 5) is 4.53. The van der Waals surface area contributed by atoms with Gasteiger partial charge in [-0.15, -0.1) is 0 Å². The number of aromatic amines is 1. The molecule has 1 saturated carbocycles. The van der Waals surface area contributed by atoms with Crippen molar-refractivity contribution in [1.29, 1.82) is 0 Å². The van der Waals surface area contributed by atoms with Crippen LogP contribution >= 0.6 is 0 Å². The molecule has 1 heterocycles. The molecule has 1 aliphatic carbocycles. The lowest BCUT2D eigenvalue weighted by atomic mass is 10.1. The van der Waals surface area contributed by atoms with Crippen molar-refractivity contribution in [1.82, 2.24) is 15.2 Å². The molecule has 0 amide bonds. The van der Waals surface area contributed by atoms with E-state index in [9.17, 15) is 0 Å². The van der Waals surface area contributed by atoms with Gasteiger partial charge in [0.2, 0.25) is 0 Å². The van der Waals surface area contributed by atoms with Crippen molar-refractivity contribution < 1.29 is 4.74 Å². The Morgan fingerprint density at radius 3 is 2.67 bits per heavy atom. The number of nitrogens with zero attached hydrogens (tertiary/aromatic N) is 2. The van der Waals surface area contributed by atoms with Crippen molar-refractivity contribution in [2.24, 2.45) is 0 Å². The first-order valence-corrected chi connectivity index (χ1v) is 6.39. The maximum absolute atomic E-state index is 5.14. The van der Waals surface area contributed by atoms with Crippen LogP contribution in [0, 0.1) is 0 Å². The Morgan fingerprint density at radius 2 is 2.00 bits per heavy atom. The van der Waals surface area contributed by atoms with E-state index in [1.54, 1.807) is 7.11 Å². The van der Waals surface area contributed by atoms with Gasteiger partial charge in [-0.05, 0) is 37.0 Å². The summed E-state index contributed by atoms with van der Waals surface area (Å²) < 4.78 is 5.14. The van der Waals surface area contributed by atoms with Crippen LogP contribution in [-0.4, -0.2) is 22.3 Å². The molecule has 1 aromatic heterocycles. The third-order valence-electron chi connectivity index (χ3n) is 3.30. The van der Waals surface area contributed by atoms with E-state index in [0.29, 0.717) is 5.92 Å². The number of aromatic nitrogens is 3. The molecule has 1 aromatic carbocycles. The second-order valence-electron chi connectivity index (χ2n) is 4.76. The molecule has 1 aliphatic rings. The molecule has 4 nitrogen and oxygen atoms in total. The highest BCUT2D eigenvalue weighted by Gasteiger charge is 2.27. The molecule has 0 spiro atoms. The van der Waals surface area contributed by atoms with E-state index in [1.807, 2.05) is 12.1 Å². The number of benzene rings is 1. The smallest absolute Gasteiger partial charge is 0.153 e. The molecule has 0 saturated heterocycles. The largest absolute Gasteiger partial charge is 0.497 e. The molecule has 0 aliphatic heterocycles. The third kappa shape index (κ3) is 2.53. The second-order valence-corrected chi connectivity index (χ2v) is 4.76. The van der Waals surface area contributed by atoms with Crippen LogP contribution in [-0.2, 0) is 12.8 Å². The number of hydrogen-bond acceptors (Lipinski definition) is 3. The van der Waals surface area contributed by atoms with Crippen LogP contribution in [0.15, 0.2) is 24.3 Å². The molecule has 1 fully saturated rings. The zero-order valence-corrected chi connectivity index (χ0v) is 10.5. The quantitative estimate of drug-likeness (QED) is 0.877. The van der Waals surface area contributed by atoms with Gasteiger partial charge in [-0.2, -0.15) is 5.10 Å². The van der Waals surface area contributed by atoms with Gasteiger partial charge in [-0.25, -0.2) is 4.98 Å². The molecule has 3 rings (SSSR count). The topological polar surface area (TPSA) is 50.8 Å². The molecule has 4 heteroatoms. The van der Waals surface area contributed by atoms with Crippen molar-refractivity contribution in [2.45, 2.75) is 31.6 Å².